The predicted octanol–water partition coefficient (Wildman–Crippen LogP) is 21.4. The molecule has 0 spiro atoms. The highest BCUT2D eigenvalue weighted by Gasteiger charge is 2.36. The first-order valence-electron chi connectivity index (χ1n) is 28.6. The van der Waals surface area contributed by atoms with Crippen molar-refractivity contribution in [3.63, 3.8) is 0 Å². The molecule has 7 heteroatoms. The van der Waals surface area contributed by atoms with Crippen LogP contribution in [0.15, 0.2) is 267 Å². The molecule has 0 saturated carbocycles. The molecule has 0 saturated heterocycles. The van der Waals surface area contributed by atoms with Gasteiger partial charge in [0.2, 0.25) is 5.69 Å². The molecule has 13 aromatic carbocycles. The van der Waals surface area contributed by atoms with Gasteiger partial charge < -0.3 is 18.3 Å². The Morgan fingerprint density at radius 2 is 0.800 bits per heavy atom. The van der Waals surface area contributed by atoms with Crippen LogP contribution in [0.2, 0.25) is 0 Å². The number of hydrogen-bond donors (Lipinski definition) is 0. The fourth-order valence-electron chi connectivity index (χ4n) is 14.4. The molecule has 0 fully saturated rings. The van der Waals surface area contributed by atoms with Crippen LogP contribution < -0.4 is 0 Å². The van der Waals surface area contributed by atoms with E-state index in [0.29, 0.717) is 34.0 Å². The maximum Gasteiger partial charge on any atom is 0.237 e. The molecule has 6 nitrogen and oxygen atoms in total. The van der Waals surface area contributed by atoms with Gasteiger partial charge in [0.1, 0.15) is 6.07 Å². The van der Waals surface area contributed by atoms with Gasteiger partial charge >= 0.3 is 0 Å². The van der Waals surface area contributed by atoms with E-state index >= 15 is 0 Å². The molecule has 0 unspecified atom stereocenters. The lowest BCUT2D eigenvalue weighted by Gasteiger charge is -2.27. The van der Waals surface area contributed by atoms with E-state index < -0.39 is 0 Å². The number of para-hydroxylation sites is 6. The van der Waals surface area contributed by atoms with Crippen molar-refractivity contribution >= 4 is 135 Å². The van der Waals surface area contributed by atoms with Crippen LogP contribution in [0.25, 0.3) is 168 Å². The van der Waals surface area contributed by atoms with E-state index in [2.05, 4.69) is 291 Å². The molecule has 392 valence electrons. The van der Waals surface area contributed by atoms with Crippen LogP contribution >= 0.6 is 11.3 Å². The smallest absolute Gasteiger partial charge is 0.237 e. The number of rotatable bonds is 6. The van der Waals surface area contributed by atoms with Gasteiger partial charge in [-0.3, -0.25) is 0 Å². The van der Waals surface area contributed by atoms with E-state index in [-0.39, 0.29) is 0 Å². The molecule has 0 aliphatic rings. The highest BCUT2D eigenvalue weighted by atomic mass is 32.1. The summed E-state index contributed by atoms with van der Waals surface area (Å²) in [4.78, 5) is 4.87. The molecule has 0 N–H and O–H groups in total. The SMILES string of the molecule is [C-]#[N+]c1c(-n2c3ccccc3c3ccccc32)c(C#N)c(-n2c3ccccc3c3ccccc32)c(-n2c3cccc(-c4c(-c5ccccc5)ccc5ccccc45)c3c3ccc4c5ccccc5sc4c32)c1-n1c2ccccc2c2ccccc21. The fourth-order valence-corrected chi connectivity index (χ4v) is 15.7. The zero-order valence-electron chi connectivity index (χ0n) is 45.5. The summed E-state index contributed by atoms with van der Waals surface area (Å²) in [6.07, 6.45) is 0. The van der Waals surface area contributed by atoms with Crippen LogP contribution in [0.1, 0.15) is 5.56 Å². The van der Waals surface area contributed by atoms with Crippen molar-refractivity contribution in [2.45, 2.75) is 0 Å². The van der Waals surface area contributed by atoms with Crippen LogP contribution in [0.3, 0.4) is 0 Å². The van der Waals surface area contributed by atoms with Crippen LogP contribution in [-0.2, 0) is 0 Å². The lowest BCUT2D eigenvalue weighted by atomic mass is 9.88. The van der Waals surface area contributed by atoms with E-state index in [4.69, 9.17) is 4.85 Å². The summed E-state index contributed by atoms with van der Waals surface area (Å²) in [5, 5.41) is 25.9. The first kappa shape index (κ1) is 47.2. The van der Waals surface area contributed by atoms with Crippen molar-refractivity contribution in [3.8, 4) is 51.1 Å². The molecule has 5 aromatic heterocycles. The molecule has 0 amide bonds. The summed E-state index contributed by atoms with van der Waals surface area (Å²) in [5.41, 5.74) is 15.3. The van der Waals surface area contributed by atoms with Crippen LogP contribution in [-0.4, -0.2) is 18.3 Å². The maximum atomic E-state index is 12.8. The van der Waals surface area contributed by atoms with Crippen molar-refractivity contribution in [3.05, 3.63) is 284 Å². The molecule has 18 rings (SSSR count). The Morgan fingerprint density at radius 3 is 1.35 bits per heavy atom. The van der Waals surface area contributed by atoms with Gasteiger partial charge in [0.05, 0.1) is 83.7 Å². The first-order valence-corrected chi connectivity index (χ1v) is 29.4. The largest absolute Gasteiger partial charge is 0.318 e. The standard InChI is InChI=1S/C78H44N6S/c1-80-72-73(81-62-34-14-7-26-51(62)52-27-8-15-35-63(52)81)61(46-79)74(82-64-36-16-9-28-53(64)54-29-10-17-37-65(54)82)77(76(72)83-66-38-18-11-30-55(66)56-31-12-19-39-67(56)83)84-68-40-21-33-59(70-49-25-6-5-24-48(49)42-43-50(70)47-22-3-2-4-23-47)71(68)60-45-44-58-57-32-13-20-41-69(57)85-78(58)75(60)84/h2-45H. The van der Waals surface area contributed by atoms with Crippen molar-refractivity contribution in [2.24, 2.45) is 0 Å². The van der Waals surface area contributed by atoms with Crippen molar-refractivity contribution in [2.75, 3.05) is 0 Å². The van der Waals surface area contributed by atoms with E-state index in [1.807, 2.05) is 0 Å². The van der Waals surface area contributed by atoms with Gasteiger partial charge in [-0.2, -0.15) is 5.26 Å². The molecule has 0 aliphatic heterocycles. The second-order valence-electron chi connectivity index (χ2n) is 22.0. The van der Waals surface area contributed by atoms with Gasteiger partial charge in [-0.25, -0.2) is 4.85 Å². The molecular formula is C78H44N6S. The average Bonchev–Trinajstić information content (AvgIpc) is 1.74. The first-order chi connectivity index (χ1) is 42.2. The van der Waals surface area contributed by atoms with E-state index in [1.165, 1.54) is 10.1 Å². The number of aromatic nitrogens is 4. The summed E-state index contributed by atoms with van der Waals surface area (Å²) >= 11 is 1.80. The summed E-state index contributed by atoms with van der Waals surface area (Å²) < 4.78 is 11.6. The van der Waals surface area contributed by atoms with Gasteiger partial charge in [0, 0.05) is 58.6 Å². The van der Waals surface area contributed by atoms with Crippen molar-refractivity contribution < 1.29 is 0 Å². The van der Waals surface area contributed by atoms with Crippen LogP contribution in [0.4, 0.5) is 5.69 Å². The van der Waals surface area contributed by atoms with Gasteiger partial charge in [0.15, 0.2) is 0 Å². The van der Waals surface area contributed by atoms with Crippen LogP contribution in [0.5, 0.6) is 0 Å². The fraction of sp³-hybridized carbons (Fsp3) is 0. The van der Waals surface area contributed by atoms with E-state index in [9.17, 15) is 11.8 Å². The summed E-state index contributed by atoms with van der Waals surface area (Å²) in [5.74, 6) is 0. The zero-order valence-corrected chi connectivity index (χ0v) is 46.3. The predicted molar refractivity (Wildman–Crippen MR) is 356 cm³/mol. The number of fused-ring (bicyclic) bond motifs is 17. The monoisotopic (exact) mass is 1100 g/mol. The topological polar surface area (TPSA) is 47.9 Å². The zero-order chi connectivity index (χ0) is 56.0. The number of hydrogen-bond acceptors (Lipinski definition) is 2. The molecule has 0 atom stereocenters. The Morgan fingerprint density at radius 1 is 0.341 bits per heavy atom. The van der Waals surface area contributed by atoms with Crippen molar-refractivity contribution in [1.82, 2.24) is 18.3 Å². The maximum absolute atomic E-state index is 12.8. The normalized spacial score (nSPS) is 12.0. The minimum Gasteiger partial charge on any atom is -0.318 e. The molecule has 85 heavy (non-hydrogen) atoms. The lowest BCUT2D eigenvalue weighted by molar-refractivity contribution is 1.03. The highest BCUT2D eigenvalue weighted by Crippen LogP contribution is 2.55. The Labute approximate surface area is 490 Å². The minimum absolute atomic E-state index is 0.351. The van der Waals surface area contributed by atoms with E-state index in [1.54, 1.807) is 11.3 Å². The van der Waals surface area contributed by atoms with Gasteiger partial charge in [-0.1, -0.05) is 218 Å². The van der Waals surface area contributed by atoms with Crippen molar-refractivity contribution in [1.29, 1.82) is 5.26 Å². The molecule has 18 aromatic rings. The minimum atomic E-state index is 0.351. The lowest BCUT2D eigenvalue weighted by Crippen LogP contribution is -2.14. The van der Waals surface area contributed by atoms with Gasteiger partial charge in [-0.05, 0) is 81.6 Å². The number of benzene rings is 13. The highest BCUT2D eigenvalue weighted by molar-refractivity contribution is 7.26. The second-order valence-corrected chi connectivity index (χ2v) is 23.0. The Hall–Kier alpha value is -11.5. The van der Waals surface area contributed by atoms with Gasteiger partial charge in [-0.15, -0.1) is 11.3 Å². The average molecular weight is 1100 g/mol. The molecule has 0 bridgehead atoms. The third-order valence-corrected chi connectivity index (χ3v) is 19.0. The molecule has 5 heterocycles. The molecular weight excluding hydrogens is 1050 g/mol. The number of nitrogens with zero attached hydrogens (tertiary/aromatic N) is 6. The number of nitriles is 1. The third-order valence-electron chi connectivity index (χ3n) is 17.8. The number of thiophene rings is 1. The summed E-state index contributed by atoms with van der Waals surface area (Å²) in [6, 6.07) is 98.2. The summed E-state index contributed by atoms with van der Waals surface area (Å²) in [6.45, 7) is 10.00. The third kappa shape index (κ3) is 6.45. The Bertz CT molecular complexity index is 5700. The second kappa shape index (κ2) is 18.0. The van der Waals surface area contributed by atoms with Gasteiger partial charge in [0.25, 0.3) is 0 Å². The molecule has 0 radical (unpaired) electrons. The Balaban J connectivity index is 1.16. The summed E-state index contributed by atoms with van der Waals surface area (Å²) in [7, 11) is 0. The quantitative estimate of drug-likeness (QED) is 0.153. The molecule has 0 aliphatic carbocycles. The van der Waals surface area contributed by atoms with E-state index in [0.717, 1.165) is 130 Å². The van der Waals surface area contributed by atoms with Crippen LogP contribution in [0, 0.1) is 17.9 Å². The Kier molecular flexibility index (Phi) is 10.00.